The van der Waals surface area contributed by atoms with Crippen LogP contribution in [-0.2, 0) is 9.53 Å². The van der Waals surface area contributed by atoms with Gasteiger partial charge in [-0.1, -0.05) is 6.92 Å². The van der Waals surface area contributed by atoms with Gasteiger partial charge >= 0.3 is 11.7 Å². The van der Waals surface area contributed by atoms with E-state index in [1.54, 1.807) is 13.0 Å². The van der Waals surface area contributed by atoms with Gasteiger partial charge in [-0.2, -0.15) is 5.26 Å². The molecule has 1 rings (SSSR count). The molecule has 110 valence electrons. The Kier molecular flexibility index (Phi) is 5.25. The van der Waals surface area contributed by atoms with E-state index in [4.69, 9.17) is 10.00 Å². The molecule has 0 aromatic heterocycles. The number of aromatic hydroxyl groups is 2. The van der Waals surface area contributed by atoms with Gasteiger partial charge in [-0.05, 0) is 24.1 Å². The average molecular weight is 292 g/mol. The molecule has 0 amide bonds. The molecule has 21 heavy (non-hydrogen) atoms. The Balaban J connectivity index is 3.21. The van der Waals surface area contributed by atoms with Crippen molar-refractivity contribution in [3.05, 3.63) is 33.4 Å². The van der Waals surface area contributed by atoms with E-state index in [0.717, 1.165) is 18.2 Å². The second-order valence-electron chi connectivity index (χ2n) is 3.97. The highest BCUT2D eigenvalue weighted by Gasteiger charge is 2.19. The molecule has 0 atom stereocenters. The van der Waals surface area contributed by atoms with Crippen LogP contribution in [0.1, 0.15) is 18.9 Å². The maximum Gasteiger partial charge on any atom is 0.348 e. The molecule has 8 nitrogen and oxygen atoms in total. The number of hydrogen-bond acceptors (Lipinski definition) is 7. The lowest BCUT2D eigenvalue weighted by molar-refractivity contribution is -0.386. The normalized spacial score (nSPS) is 10.8. The number of rotatable bonds is 5. The van der Waals surface area contributed by atoms with Crippen molar-refractivity contribution in [3.63, 3.8) is 0 Å². The Bertz CT molecular complexity index is 645. The van der Waals surface area contributed by atoms with Gasteiger partial charge in [0.2, 0.25) is 5.75 Å². The van der Waals surface area contributed by atoms with Crippen LogP contribution >= 0.6 is 0 Å². The van der Waals surface area contributed by atoms with Crippen LogP contribution in [0.2, 0.25) is 0 Å². The molecule has 0 radical (unpaired) electrons. The van der Waals surface area contributed by atoms with Gasteiger partial charge in [-0.25, -0.2) is 4.79 Å². The highest BCUT2D eigenvalue weighted by molar-refractivity contribution is 5.98. The summed E-state index contributed by atoms with van der Waals surface area (Å²) in [6.45, 7) is 1.92. The van der Waals surface area contributed by atoms with Crippen LogP contribution in [0, 0.1) is 21.4 Å². The summed E-state index contributed by atoms with van der Waals surface area (Å²) in [5, 5.41) is 38.4. The van der Waals surface area contributed by atoms with Crippen molar-refractivity contribution in [2.24, 2.45) is 0 Å². The fourth-order valence-corrected chi connectivity index (χ4v) is 1.42. The zero-order valence-corrected chi connectivity index (χ0v) is 11.1. The van der Waals surface area contributed by atoms with Crippen molar-refractivity contribution in [1.82, 2.24) is 0 Å². The summed E-state index contributed by atoms with van der Waals surface area (Å²) in [4.78, 5) is 21.4. The van der Waals surface area contributed by atoms with Gasteiger partial charge in [0.15, 0.2) is 5.75 Å². The molecule has 8 heteroatoms. The SMILES string of the molecule is CCCOC(=O)C(C#N)=Cc1cc(O)c(O)c([N+](=O)[O-])c1. The van der Waals surface area contributed by atoms with Crippen LogP contribution in [0.15, 0.2) is 17.7 Å². The maximum absolute atomic E-state index is 11.5. The summed E-state index contributed by atoms with van der Waals surface area (Å²) >= 11 is 0. The summed E-state index contributed by atoms with van der Waals surface area (Å²) in [6.07, 6.45) is 1.61. The molecular weight excluding hydrogens is 280 g/mol. The monoisotopic (exact) mass is 292 g/mol. The number of hydrogen-bond donors (Lipinski definition) is 2. The number of esters is 1. The maximum atomic E-state index is 11.5. The first-order chi connectivity index (χ1) is 9.90. The number of carbonyl (C=O) groups is 1. The third-order valence-electron chi connectivity index (χ3n) is 2.38. The van der Waals surface area contributed by atoms with Crippen LogP contribution in [0.4, 0.5) is 5.69 Å². The van der Waals surface area contributed by atoms with Crippen molar-refractivity contribution < 1.29 is 24.7 Å². The minimum Gasteiger partial charge on any atom is -0.504 e. The molecule has 0 spiro atoms. The van der Waals surface area contributed by atoms with Crippen LogP contribution in [0.5, 0.6) is 11.5 Å². The summed E-state index contributed by atoms with van der Waals surface area (Å²) in [5.41, 5.74) is -1.09. The zero-order valence-electron chi connectivity index (χ0n) is 11.1. The molecule has 0 saturated carbocycles. The highest BCUT2D eigenvalue weighted by Crippen LogP contribution is 2.36. The van der Waals surface area contributed by atoms with E-state index in [1.807, 2.05) is 0 Å². The topological polar surface area (TPSA) is 134 Å². The van der Waals surface area contributed by atoms with Gasteiger partial charge in [0.25, 0.3) is 0 Å². The standard InChI is InChI=1S/C13H12N2O6/c1-2-3-21-13(18)9(7-14)4-8-5-10(15(19)20)12(17)11(16)6-8/h4-6,16-17H,2-3H2,1H3. The predicted octanol–water partition coefficient (Wildman–Crippen LogP) is 1.87. The third kappa shape index (κ3) is 3.94. The first-order valence-corrected chi connectivity index (χ1v) is 5.90. The van der Waals surface area contributed by atoms with Gasteiger partial charge in [-0.3, -0.25) is 10.1 Å². The van der Waals surface area contributed by atoms with Crippen LogP contribution in [0.3, 0.4) is 0 Å². The summed E-state index contributed by atoms with van der Waals surface area (Å²) in [7, 11) is 0. The van der Waals surface area contributed by atoms with E-state index in [1.165, 1.54) is 0 Å². The zero-order chi connectivity index (χ0) is 16.0. The van der Waals surface area contributed by atoms with E-state index >= 15 is 0 Å². The molecular formula is C13H12N2O6. The number of ether oxygens (including phenoxy) is 1. The van der Waals surface area contributed by atoms with E-state index in [0.29, 0.717) is 6.42 Å². The number of nitro groups is 1. The van der Waals surface area contributed by atoms with Gasteiger partial charge in [-0.15, -0.1) is 0 Å². The number of carbonyl (C=O) groups excluding carboxylic acids is 1. The number of benzene rings is 1. The second-order valence-corrected chi connectivity index (χ2v) is 3.97. The van der Waals surface area contributed by atoms with E-state index in [9.17, 15) is 25.1 Å². The van der Waals surface area contributed by atoms with Gasteiger partial charge in [0.1, 0.15) is 11.6 Å². The lowest BCUT2D eigenvalue weighted by atomic mass is 10.1. The quantitative estimate of drug-likeness (QED) is 0.211. The molecule has 0 saturated heterocycles. The molecule has 0 bridgehead atoms. The number of phenols is 2. The Labute approximate surface area is 119 Å². The number of nitrogens with zero attached hydrogens (tertiary/aromatic N) is 2. The minimum absolute atomic E-state index is 0.0157. The van der Waals surface area contributed by atoms with Crippen LogP contribution < -0.4 is 0 Å². The van der Waals surface area contributed by atoms with Gasteiger partial charge < -0.3 is 14.9 Å². The Morgan fingerprint density at radius 2 is 2.19 bits per heavy atom. The third-order valence-corrected chi connectivity index (χ3v) is 2.38. The Hall–Kier alpha value is -3.08. The van der Waals surface area contributed by atoms with E-state index in [2.05, 4.69) is 0 Å². The lowest BCUT2D eigenvalue weighted by Gasteiger charge is -2.03. The molecule has 0 heterocycles. The van der Waals surface area contributed by atoms with Crippen molar-refractivity contribution >= 4 is 17.7 Å². The predicted molar refractivity (Wildman–Crippen MR) is 71.3 cm³/mol. The lowest BCUT2D eigenvalue weighted by Crippen LogP contribution is -2.07. The Morgan fingerprint density at radius 1 is 1.52 bits per heavy atom. The second kappa shape index (κ2) is 6.91. The number of phenolic OH excluding ortho intramolecular Hbond substituents is 2. The number of nitriles is 1. The van der Waals surface area contributed by atoms with Gasteiger partial charge in [0, 0.05) is 6.07 Å². The van der Waals surface area contributed by atoms with Crippen molar-refractivity contribution in [2.75, 3.05) is 6.61 Å². The molecule has 1 aromatic rings. The van der Waals surface area contributed by atoms with E-state index < -0.39 is 28.1 Å². The van der Waals surface area contributed by atoms with Crippen molar-refractivity contribution in [3.8, 4) is 17.6 Å². The van der Waals surface area contributed by atoms with Crippen LogP contribution in [0.25, 0.3) is 6.08 Å². The molecule has 0 aliphatic carbocycles. The molecule has 0 fully saturated rings. The molecule has 0 aliphatic rings. The van der Waals surface area contributed by atoms with Crippen molar-refractivity contribution in [2.45, 2.75) is 13.3 Å². The first-order valence-electron chi connectivity index (χ1n) is 5.90. The molecule has 0 unspecified atom stereocenters. The fraction of sp³-hybridized carbons (Fsp3) is 0.231. The summed E-state index contributed by atoms with van der Waals surface area (Å²) < 4.78 is 4.77. The number of nitro benzene ring substituents is 1. The summed E-state index contributed by atoms with van der Waals surface area (Å²) in [5.74, 6) is -2.48. The average Bonchev–Trinajstić information content (AvgIpc) is 2.45. The largest absolute Gasteiger partial charge is 0.504 e. The summed E-state index contributed by atoms with van der Waals surface area (Å²) in [6, 6.07) is 3.54. The van der Waals surface area contributed by atoms with Crippen LogP contribution in [-0.4, -0.2) is 27.7 Å². The fourth-order valence-electron chi connectivity index (χ4n) is 1.42. The molecule has 0 aliphatic heterocycles. The van der Waals surface area contributed by atoms with Crippen molar-refractivity contribution in [1.29, 1.82) is 5.26 Å². The van der Waals surface area contributed by atoms with Gasteiger partial charge in [0.05, 0.1) is 11.5 Å². The smallest absolute Gasteiger partial charge is 0.348 e. The highest BCUT2D eigenvalue weighted by atomic mass is 16.6. The molecule has 1 aromatic carbocycles. The van der Waals surface area contributed by atoms with E-state index in [-0.39, 0.29) is 17.7 Å². The Morgan fingerprint density at radius 3 is 2.71 bits per heavy atom. The first kappa shape index (κ1) is 16.0. The molecule has 2 N–H and O–H groups in total. The minimum atomic E-state index is -0.895.